The Morgan fingerprint density at radius 3 is 2.29 bits per heavy atom. The minimum atomic E-state index is -4.70. The molecule has 0 aliphatic carbocycles. The molecule has 0 fully saturated rings. The lowest BCUT2D eigenvalue weighted by Crippen LogP contribution is -2.24. The topological polar surface area (TPSA) is 33.1 Å². The molecule has 0 atom stereocenters. The number of hydrogen-bond acceptors (Lipinski definition) is 2. The van der Waals surface area contributed by atoms with E-state index in [1.54, 1.807) is 30.3 Å². The van der Waals surface area contributed by atoms with Crippen LogP contribution in [0.5, 0.6) is 0 Å². The molecule has 0 saturated carbocycles. The molecule has 1 N–H and O–H groups in total. The van der Waals surface area contributed by atoms with Crippen molar-refractivity contribution in [3.05, 3.63) is 35.9 Å². The highest BCUT2D eigenvalue weighted by molar-refractivity contribution is 5.78. The summed E-state index contributed by atoms with van der Waals surface area (Å²) in [4.78, 5) is 0. The fraction of sp³-hybridized carbons (Fsp3) is 0.222. The zero-order valence-corrected chi connectivity index (χ0v) is 7.14. The second kappa shape index (κ2) is 4.13. The summed E-state index contributed by atoms with van der Waals surface area (Å²) in [6, 6.07) is 8.39. The Hall–Kier alpha value is -1.52. The molecular formula is C9H8F3NO. The van der Waals surface area contributed by atoms with Crippen LogP contribution in [0, 0.1) is 5.41 Å². The Kier molecular flexibility index (Phi) is 3.11. The minimum absolute atomic E-state index is 0.237. The van der Waals surface area contributed by atoms with Gasteiger partial charge in [-0.05, 0) is 5.56 Å². The fourth-order valence-corrected chi connectivity index (χ4v) is 0.812. The van der Waals surface area contributed by atoms with Crippen molar-refractivity contribution in [3.8, 4) is 0 Å². The van der Waals surface area contributed by atoms with Crippen LogP contribution in [-0.2, 0) is 11.3 Å². The number of hydrogen-bond donors (Lipinski definition) is 1. The Morgan fingerprint density at radius 2 is 1.79 bits per heavy atom. The van der Waals surface area contributed by atoms with Gasteiger partial charge in [-0.15, -0.1) is 0 Å². The molecule has 0 radical (unpaired) electrons. The van der Waals surface area contributed by atoms with Gasteiger partial charge in [0.15, 0.2) is 0 Å². The molecule has 0 heterocycles. The summed E-state index contributed by atoms with van der Waals surface area (Å²) in [6.07, 6.45) is -4.70. The van der Waals surface area contributed by atoms with Crippen LogP contribution in [0.25, 0.3) is 0 Å². The van der Waals surface area contributed by atoms with E-state index in [-0.39, 0.29) is 6.61 Å². The first-order chi connectivity index (χ1) is 6.50. The van der Waals surface area contributed by atoms with E-state index in [9.17, 15) is 13.2 Å². The molecule has 1 aromatic carbocycles. The third-order valence-electron chi connectivity index (χ3n) is 1.48. The van der Waals surface area contributed by atoms with Crippen LogP contribution in [0.15, 0.2) is 30.3 Å². The summed E-state index contributed by atoms with van der Waals surface area (Å²) >= 11 is 0. The summed E-state index contributed by atoms with van der Waals surface area (Å²) in [5, 5.41) is 6.54. The molecular weight excluding hydrogens is 195 g/mol. The maximum Gasteiger partial charge on any atom is 0.467 e. The van der Waals surface area contributed by atoms with Gasteiger partial charge in [0.25, 0.3) is 5.90 Å². The van der Waals surface area contributed by atoms with Crippen molar-refractivity contribution >= 4 is 5.90 Å². The molecule has 0 aliphatic heterocycles. The molecule has 76 valence electrons. The first-order valence-electron chi connectivity index (χ1n) is 3.82. The second-order valence-corrected chi connectivity index (χ2v) is 2.60. The third kappa shape index (κ3) is 3.08. The maximum atomic E-state index is 11.8. The first kappa shape index (κ1) is 10.6. The Morgan fingerprint density at radius 1 is 1.21 bits per heavy atom. The average molecular weight is 203 g/mol. The number of nitrogens with one attached hydrogen (secondary N) is 1. The smallest absolute Gasteiger partial charge is 0.467 e. The predicted octanol–water partition coefficient (Wildman–Crippen LogP) is 2.74. The summed E-state index contributed by atoms with van der Waals surface area (Å²) in [5.41, 5.74) is 0.599. The molecule has 0 amide bonds. The number of rotatable bonds is 2. The lowest BCUT2D eigenvalue weighted by atomic mass is 10.2. The number of benzene rings is 1. The van der Waals surface area contributed by atoms with E-state index < -0.39 is 12.1 Å². The molecule has 5 heteroatoms. The second-order valence-electron chi connectivity index (χ2n) is 2.60. The van der Waals surface area contributed by atoms with Gasteiger partial charge in [-0.2, -0.15) is 13.2 Å². The van der Waals surface area contributed by atoms with Crippen LogP contribution in [0.1, 0.15) is 5.56 Å². The molecule has 0 aromatic heterocycles. The zero-order chi connectivity index (χ0) is 10.6. The van der Waals surface area contributed by atoms with Gasteiger partial charge in [-0.25, -0.2) is 0 Å². The van der Waals surface area contributed by atoms with Crippen molar-refractivity contribution in [2.75, 3.05) is 0 Å². The molecule has 1 rings (SSSR count). The maximum absolute atomic E-state index is 11.8. The van der Waals surface area contributed by atoms with Gasteiger partial charge in [0.05, 0.1) is 0 Å². The van der Waals surface area contributed by atoms with Crippen LogP contribution in [0.4, 0.5) is 13.2 Å². The molecule has 1 aromatic rings. The van der Waals surface area contributed by atoms with Crippen LogP contribution in [0.2, 0.25) is 0 Å². The normalized spacial score (nSPS) is 11.1. The van der Waals surface area contributed by atoms with Gasteiger partial charge >= 0.3 is 6.18 Å². The van der Waals surface area contributed by atoms with E-state index in [4.69, 9.17) is 5.41 Å². The fourth-order valence-electron chi connectivity index (χ4n) is 0.812. The van der Waals surface area contributed by atoms with Gasteiger partial charge in [0.1, 0.15) is 6.61 Å². The van der Waals surface area contributed by atoms with Crippen molar-refractivity contribution in [1.29, 1.82) is 5.41 Å². The van der Waals surface area contributed by atoms with E-state index in [0.29, 0.717) is 5.56 Å². The highest BCUT2D eigenvalue weighted by Gasteiger charge is 2.36. The lowest BCUT2D eigenvalue weighted by Gasteiger charge is -2.09. The quantitative estimate of drug-likeness (QED) is 0.581. The zero-order valence-electron chi connectivity index (χ0n) is 7.14. The van der Waals surface area contributed by atoms with Crippen LogP contribution < -0.4 is 0 Å². The molecule has 0 aliphatic rings. The monoisotopic (exact) mass is 203 g/mol. The molecule has 2 nitrogen and oxygen atoms in total. The first-order valence-corrected chi connectivity index (χ1v) is 3.82. The summed E-state index contributed by atoms with van der Waals surface area (Å²) in [6.45, 7) is -0.237. The largest absolute Gasteiger partial charge is 0.470 e. The summed E-state index contributed by atoms with van der Waals surface area (Å²) in [7, 11) is 0. The standard InChI is InChI=1S/C9H8F3NO/c10-9(11,12)8(13)14-6-7-4-2-1-3-5-7/h1-5,13H,6H2. The van der Waals surface area contributed by atoms with Gasteiger partial charge in [0.2, 0.25) is 0 Å². The van der Waals surface area contributed by atoms with Crippen LogP contribution in [0.3, 0.4) is 0 Å². The summed E-state index contributed by atoms with van der Waals surface area (Å²) in [5.74, 6) is -1.67. The lowest BCUT2D eigenvalue weighted by molar-refractivity contribution is -0.0804. The van der Waals surface area contributed by atoms with E-state index in [1.165, 1.54) is 0 Å². The van der Waals surface area contributed by atoms with Gasteiger partial charge in [0, 0.05) is 0 Å². The van der Waals surface area contributed by atoms with E-state index in [1.807, 2.05) is 0 Å². The van der Waals surface area contributed by atoms with Gasteiger partial charge in [-0.3, -0.25) is 5.41 Å². The highest BCUT2D eigenvalue weighted by atomic mass is 19.4. The number of halogens is 3. The molecule has 0 unspecified atom stereocenters. The Bertz CT molecular complexity index is 308. The van der Waals surface area contributed by atoms with E-state index >= 15 is 0 Å². The predicted molar refractivity (Wildman–Crippen MR) is 45.0 cm³/mol. The van der Waals surface area contributed by atoms with Crippen molar-refractivity contribution in [2.24, 2.45) is 0 Å². The van der Waals surface area contributed by atoms with Crippen molar-refractivity contribution in [1.82, 2.24) is 0 Å². The Balaban J connectivity index is 2.46. The van der Waals surface area contributed by atoms with Crippen molar-refractivity contribution in [3.63, 3.8) is 0 Å². The van der Waals surface area contributed by atoms with Crippen molar-refractivity contribution in [2.45, 2.75) is 12.8 Å². The number of alkyl halides is 3. The van der Waals surface area contributed by atoms with E-state index in [2.05, 4.69) is 4.74 Å². The molecule has 0 saturated heterocycles. The average Bonchev–Trinajstić information content (AvgIpc) is 2.14. The molecule has 14 heavy (non-hydrogen) atoms. The number of ether oxygens (including phenoxy) is 1. The third-order valence-corrected chi connectivity index (χ3v) is 1.48. The SMILES string of the molecule is N=C(OCc1ccccc1)C(F)(F)F. The van der Waals surface area contributed by atoms with Gasteiger partial charge in [-0.1, -0.05) is 30.3 Å². The van der Waals surface area contributed by atoms with Crippen LogP contribution >= 0.6 is 0 Å². The minimum Gasteiger partial charge on any atom is -0.470 e. The molecule has 0 spiro atoms. The van der Waals surface area contributed by atoms with Gasteiger partial charge < -0.3 is 4.74 Å². The highest BCUT2D eigenvalue weighted by Crippen LogP contribution is 2.17. The van der Waals surface area contributed by atoms with E-state index in [0.717, 1.165) is 0 Å². The van der Waals surface area contributed by atoms with Crippen LogP contribution in [-0.4, -0.2) is 12.1 Å². The Labute approximate surface area is 78.8 Å². The van der Waals surface area contributed by atoms with Crippen molar-refractivity contribution < 1.29 is 17.9 Å². The summed E-state index contributed by atoms with van der Waals surface area (Å²) < 4.78 is 39.7. The molecule has 0 bridgehead atoms.